The number of para-hydroxylation sites is 1. The standard InChI is InChI=1S/C17H24N4O4/c1-21(11-15(22)18-9-6-10-23-2)12-16-19-17(20-25-16)13-7-4-5-8-14(13)24-3/h4-5,7-8H,6,9-12H2,1-3H3,(H,18,22). The first kappa shape index (κ1) is 18.9. The summed E-state index contributed by atoms with van der Waals surface area (Å²) in [6, 6.07) is 7.46. The third kappa shape index (κ3) is 5.84. The molecule has 0 bridgehead atoms. The van der Waals surface area contributed by atoms with Crippen molar-refractivity contribution in [2.75, 3.05) is 41.0 Å². The second-order valence-corrected chi connectivity index (χ2v) is 5.58. The summed E-state index contributed by atoms with van der Waals surface area (Å²) in [4.78, 5) is 18.0. The highest BCUT2D eigenvalue weighted by atomic mass is 16.5. The summed E-state index contributed by atoms with van der Waals surface area (Å²) in [5.41, 5.74) is 0.763. The van der Waals surface area contributed by atoms with E-state index in [1.165, 1.54) is 0 Å². The SMILES string of the molecule is COCCCNC(=O)CN(C)Cc1nc(-c2ccccc2OC)no1. The van der Waals surface area contributed by atoms with E-state index >= 15 is 0 Å². The first-order valence-electron chi connectivity index (χ1n) is 8.04. The van der Waals surface area contributed by atoms with E-state index in [2.05, 4.69) is 15.5 Å². The molecule has 0 radical (unpaired) electrons. The number of carbonyl (C=O) groups excluding carboxylic acids is 1. The van der Waals surface area contributed by atoms with Crippen LogP contribution in [0.3, 0.4) is 0 Å². The van der Waals surface area contributed by atoms with Crippen LogP contribution in [0.1, 0.15) is 12.3 Å². The maximum absolute atomic E-state index is 11.8. The Morgan fingerprint density at radius 1 is 1.32 bits per heavy atom. The topological polar surface area (TPSA) is 89.7 Å². The molecule has 0 atom stereocenters. The molecule has 8 nitrogen and oxygen atoms in total. The first-order valence-corrected chi connectivity index (χ1v) is 8.04. The van der Waals surface area contributed by atoms with Gasteiger partial charge in [-0.1, -0.05) is 17.3 Å². The predicted molar refractivity (Wildman–Crippen MR) is 92.1 cm³/mol. The zero-order valence-corrected chi connectivity index (χ0v) is 14.8. The number of amides is 1. The highest BCUT2D eigenvalue weighted by molar-refractivity contribution is 5.77. The van der Waals surface area contributed by atoms with Gasteiger partial charge in [0.15, 0.2) is 0 Å². The van der Waals surface area contributed by atoms with E-state index in [0.29, 0.717) is 37.2 Å². The van der Waals surface area contributed by atoms with Crippen LogP contribution >= 0.6 is 0 Å². The van der Waals surface area contributed by atoms with Crippen LogP contribution in [-0.4, -0.2) is 61.9 Å². The summed E-state index contributed by atoms with van der Waals surface area (Å²) in [5.74, 6) is 1.53. The zero-order chi connectivity index (χ0) is 18.1. The number of hydrogen-bond donors (Lipinski definition) is 1. The molecule has 2 rings (SSSR count). The average molecular weight is 348 g/mol. The van der Waals surface area contributed by atoms with Crippen LogP contribution in [0.2, 0.25) is 0 Å². The highest BCUT2D eigenvalue weighted by Gasteiger charge is 2.15. The summed E-state index contributed by atoms with van der Waals surface area (Å²) >= 11 is 0. The monoisotopic (exact) mass is 348 g/mol. The van der Waals surface area contributed by atoms with E-state index in [9.17, 15) is 4.79 Å². The Morgan fingerprint density at radius 3 is 2.88 bits per heavy atom. The largest absolute Gasteiger partial charge is 0.496 e. The van der Waals surface area contributed by atoms with Gasteiger partial charge >= 0.3 is 0 Å². The van der Waals surface area contributed by atoms with Crippen LogP contribution in [-0.2, 0) is 16.1 Å². The Labute approximate surface area is 147 Å². The number of likely N-dealkylation sites (N-methyl/N-ethyl adjacent to an activating group) is 1. The van der Waals surface area contributed by atoms with Gasteiger partial charge in [0.2, 0.25) is 17.6 Å². The fraction of sp³-hybridized carbons (Fsp3) is 0.471. The van der Waals surface area contributed by atoms with Crippen molar-refractivity contribution in [2.45, 2.75) is 13.0 Å². The first-order chi connectivity index (χ1) is 12.1. The summed E-state index contributed by atoms with van der Waals surface area (Å²) in [5, 5.41) is 6.83. The molecule has 0 spiro atoms. The maximum atomic E-state index is 11.8. The number of methoxy groups -OCH3 is 2. The van der Waals surface area contributed by atoms with Crippen molar-refractivity contribution in [3.8, 4) is 17.1 Å². The van der Waals surface area contributed by atoms with E-state index in [0.717, 1.165) is 12.0 Å². The zero-order valence-electron chi connectivity index (χ0n) is 14.8. The lowest BCUT2D eigenvalue weighted by atomic mass is 10.2. The lowest BCUT2D eigenvalue weighted by Crippen LogP contribution is -2.35. The number of benzene rings is 1. The molecule has 0 saturated carbocycles. The van der Waals surface area contributed by atoms with Gasteiger partial charge in [-0.05, 0) is 25.6 Å². The van der Waals surface area contributed by atoms with E-state index in [1.54, 1.807) is 14.2 Å². The molecule has 0 saturated heterocycles. The molecule has 1 amide bonds. The molecule has 1 N–H and O–H groups in total. The molecule has 2 aromatic rings. The highest BCUT2D eigenvalue weighted by Crippen LogP contribution is 2.27. The fourth-order valence-corrected chi connectivity index (χ4v) is 2.29. The average Bonchev–Trinajstić information content (AvgIpc) is 3.06. The number of hydrogen-bond acceptors (Lipinski definition) is 7. The van der Waals surface area contributed by atoms with Crippen molar-refractivity contribution < 1.29 is 18.8 Å². The van der Waals surface area contributed by atoms with Crippen LogP contribution in [0, 0.1) is 0 Å². The second-order valence-electron chi connectivity index (χ2n) is 5.58. The summed E-state index contributed by atoms with van der Waals surface area (Å²) in [6.45, 7) is 1.86. The minimum atomic E-state index is -0.0527. The fourth-order valence-electron chi connectivity index (χ4n) is 2.29. The summed E-state index contributed by atoms with van der Waals surface area (Å²) in [6.07, 6.45) is 0.790. The van der Waals surface area contributed by atoms with Crippen LogP contribution in [0.25, 0.3) is 11.4 Å². The van der Waals surface area contributed by atoms with E-state index < -0.39 is 0 Å². The normalized spacial score (nSPS) is 10.9. The summed E-state index contributed by atoms with van der Waals surface area (Å²) < 4.78 is 15.5. The molecular formula is C17H24N4O4. The minimum absolute atomic E-state index is 0.0527. The Bertz CT molecular complexity index is 674. The molecule has 1 aromatic heterocycles. The van der Waals surface area contributed by atoms with Gasteiger partial charge < -0.3 is 19.3 Å². The van der Waals surface area contributed by atoms with Crippen molar-refractivity contribution in [1.82, 2.24) is 20.4 Å². The summed E-state index contributed by atoms with van der Waals surface area (Å²) in [7, 11) is 5.06. The van der Waals surface area contributed by atoms with Crippen molar-refractivity contribution in [1.29, 1.82) is 0 Å². The van der Waals surface area contributed by atoms with Gasteiger partial charge in [0.25, 0.3) is 0 Å². The van der Waals surface area contributed by atoms with Crippen LogP contribution < -0.4 is 10.1 Å². The third-order valence-corrected chi connectivity index (χ3v) is 3.48. The second kappa shape index (κ2) is 9.75. The number of ether oxygens (including phenoxy) is 2. The predicted octanol–water partition coefficient (Wildman–Crippen LogP) is 1.33. The van der Waals surface area contributed by atoms with E-state index in [4.69, 9.17) is 14.0 Å². The number of rotatable bonds is 10. The molecule has 136 valence electrons. The van der Waals surface area contributed by atoms with Gasteiger partial charge in [-0.2, -0.15) is 4.98 Å². The van der Waals surface area contributed by atoms with Gasteiger partial charge in [0.05, 0.1) is 25.8 Å². The Balaban J connectivity index is 1.87. The van der Waals surface area contributed by atoms with E-state index in [-0.39, 0.29) is 12.5 Å². The molecule has 0 aliphatic carbocycles. The lowest BCUT2D eigenvalue weighted by molar-refractivity contribution is -0.122. The van der Waals surface area contributed by atoms with Gasteiger partial charge in [0.1, 0.15) is 5.75 Å². The van der Waals surface area contributed by atoms with E-state index in [1.807, 2.05) is 36.2 Å². The van der Waals surface area contributed by atoms with Crippen molar-refractivity contribution in [3.05, 3.63) is 30.2 Å². The number of aromatic nitrogens is 2. The smallest absolute Gasteiger partial charge is 0.241 e. The molecule has 0 aliphatic heterocycles. The van der Waals surface area contributed by atoms with Crippen LogP contribution in [0.15, 0.2) is 28.8 Å². The Kier molecular flexibility index (Phi) is 7.36. The van der Waals surface area contributed by atoms with Gasteiger partial charge in [0, 0.05) is 20.3 Å². The molecule has 8 heteroatoms. The van der Waals surface area contributed by atoms with Gasteiger partial charge in [-0.3, -0.25) is 9.69 Å². The molecule has 0 unspecified atom stereocenters. The van der Waals surface area contributed by atoms with Crippen molar-refractivity contribution >= 4 is 5.91 Å². The number of nitrogens with one attached hydrogen (secondary N) is 1. The van der Waals surface area contributed by atoms with Crippen LogP contribution in [0.4, 0.5) is 0 Å². The van der Waals surface area contributed by atoms with Crippen molar-refractivity contribution in [2.24, 2.45) is 0 Å². The Morgan fingerprint density at radius 2 is 2.12 bits per heavy atom. The lowest BCUT2D eigenvalue weighted by Gasteiger charge is -2.13. The number of carbonyl (C=O) groups is 1. The molecule has 0 fully saturated rings. The number of nitrogens with zero attached hydrogens (tertiary/aromatic N) is 3. The molecule has 1 aromatic carbocycles. The van der Waals surface area contributed by atoms with Crippen LogP contribution in [0.5, 0.6) is 5.75 Å². The molecule has 0 aliphatic rings. The molecule has 25 heavy (non-hydrogen) atoms. The van der Waals surface area contributed by atoms with Gasteiger partial charge in [-0.15, -0.1) is 0 Å². The Hall–Kier alpha value is -2.45. The quantitative estimate of drug-likeness (QED) is 0.648. The van der Waals surface area contributed by atoms with Gasteiger partial charge in [-0.25, -0.2) is 0 Å². The minimum Gasteiger partial charge on any atom is -0.496 e. The maximum Gasteiger partial charge on any atom is 0.241 e. The molecular weight excluding hydrogens is 324 g/mol. The third-order valence-electron chi connectivity index (χ3n) is 3.48. The molecule has 1 heterocycles. The van der Waals surface area contributed by atoms with Crippen molar-refractivity contribution in [3.63, 3.8) is 0 Å².